The Morgan fingerprint density at radius 1 is 1.21 bits per heavy atom. The van der Waals surface area contributed by atoms with Crippen LogP contribution < -0.4 is 5.32 Å². The Labute approximate surface area is 198 Å². The number of imide groups is 1. The number of terminal acetylenes is 1. The SMILES string of the molecule is C#CCN1CCN(C[C@]23COC(C2O[Si](C)(C)C(C)(C)C)[C@H](C2C=CC(=O)NC2=O)O3)CC1. The van der Waals surface area contributed by atoms with E-state index in [0.717, 1.165) is 26.2 Å². The topological polar surface area (TPSA) is 80.3 Å². The lowest BCUT2D eigenvalue weighted by molar-refractivity contribution is -0.171. The summed E-state index contributed by atoms with van der Waals surface area (Å²) in [4.78, 5) is 28.9. The summed E-state index contributed by atoms with van der Waals surface area (Å²) < 4.78 is 19.9. The molecule has 4 heterocycles. The molecule has 3 fully saturated rings. The fourth-order valence-corrected chi connectivity index (χ4v) is 6.27. The van der Waals surface area contributed by atoms with Gasteiger partial charge in [0.05, 0.1) is 19.1 Å². The fraction of sp³-hybridized carbons (Fsp3) is 0.750. The maximum absolute atomic E-state index is 12.6. The van der Waals surface area contributed by atoms with Crippen LogP contribution in [0, 0.1) is 18.3 Å². The van der Waals surface area contributed by atoms with Gasteiger partial charge in [-0.1, -0.05) is 32.8 Å². The monoisotopic (exact) mass is 475 g/mol. The van der Waals surface area contributed by atoms with Crippen molar-refractivity contribution in [1.82, 2.24) is 15.1 Å². The third kappa shape index (κ3) is 4.70. The molecule has 4 aliphatic rings. The van der Waals surface area contributed by atoms with E-state index in [9.17, 15) is 9.59 Å². The van der Waals surface area contributed by atoms with E-state index in [4.69, 9.17) is 20.3 Å². The molecular formula is C24H37N3O5Si. The standard InChI is InChI=1S/C24H37N3O5Si/c1-7-10-26-11-13-27(14-12-26)15-24-16-30-20(21(24)32-33(5,6)23(2,3)4)19(31-24)17-8-9-18(28)25-22(17)29/h1,8-9,17,19-21H,10-16H2,2-6H3,(H,25,28,29)/t17?,19-,20?,21?,24-/m0/s1. The maximum atomic E-state index is 12.6. The van der Waals surface area contributed by atoms with Crippen molar-refractivity contribution in [2.24, 2.45) is 5.92 Å². The van der Waals surface area contributed by atoms with Gasteiger partial charge in [-0.3, -0.25) is 24.7 Å². The molecule has 8 nitrogen and oxygen atoms in total. The predicted molar refractivity (Wildman–Crippen MR) is 127 cm³/mol. The zero-order valence-electron chi connectivity index (χ0n) is 20.4. The van der Waals surface area contributed by atoms with E-state index in [-0.39, 0.29) is 23.2 Å². The van der Waals surface area contributed by atoms with Crippen LogP contribution in [0.5, 0.6) is 0 Å². The fourth-order valence-electron chi connectivity index (χ4n) is 4.93. The normalized spacial score (nSPS) is 35.6. The quantitative estimate of drug-likeness (QED) is 0.349. The lowest BCUT2D eigenvalue weighted by Gasteiger charge is -2.43. The molecule has 2 amide bonds. The van der Waals surface area contributed by atoms with Crippen LogP contribution >= 0.6 is 0 Å². The summed E-state index contributed by atoms with van der Waals surface area (Å²) in [6.45, 7) is 16.5. The summed E-state index contributed by atoms with van der Waals surface area (Å²) in [6.07, 6.45) is 7.43. The smallest absolute Gasteiger partial charge is 0.250 e. The number of carbonyl (C=O) groups is 2. The van der Waals surface area contributed by atoms with Crippen LogP contribution in [0.1, 0.15) is 20.8 Å². The summed E-state index contributed by atoms with van der Waals surface area (Å²) in [5, 5.41) is 2.43. The Morgan fingerprint density at radius 2 is 1.88 bits per heavy atom. The van der Waals surface area contributed by atoms with Crippen molar-refractivity contribution in [3.8, 4) is 12.3 Å². The van der Waals surface area contributed by atoms with Crippen molar-refractivity contribution in [1.29, 1.82) is 0 Å². The van der Waals surface area contributed by atoms with Gasteiger partial charge in [-0.15, -0.1) is 6.42 Å². The highest BCUT2D eigenvalue weighted by Crippen LogP contribution is 2.49. The van der Waals surface area contributed by atoms with E-state index in [1.807, 2.05) is 0 Å². The van der Waals surface area contributed by atoms with Gasteiger partial charge in [0.2, 0.25) is 11.8 Å². The van der Waals surface area contributed by atoms with Gasteiger partial charge in [0.25, 0.3) is 0 Å². The summed E-state index contributed by atoms with van der Waals surface area (Å²) >= 11 is 0. The van der Waals surface area contributed by atoms with Crippen LogP contribution in [0.4, 0.5) is 0 Å². The molecular weight excluding hydrogens is 438 g/mol. The van der Waals surface area contributed by atoms with Gasteiger partial charge in [0.15, 0.2) is 8.32 Å². The van der Waals surface area contributed by atoms with Gasteiger partial charge in [0, 0.05) is 38.8 Å². The van der Waals surface area contributed by atoms with Gasteiger partial charge in [-0.2, -0.15) is 0 Å². The number of fused-ring (bicyclic) bond motifs is 2. The third-order valence-corrected chi connectivity index (χ3v) is 12.3. The second-order valence-corrected chi connectivity index (χ2v) is 16.0. The number of nitrogens with one attached hydrogen (secondary N) is 1. The molecule has 0 aliphatic carbocycles. The minimum atomic E-state index is -2.14. The molecule has 0 aromatic carbocycles. The summed E-state index contributed by atoms with van der Waals surface area (Å²) in [5.41, 5.74) is -0.644. The zero-order chi connectivity index (χ0) is 24.0. The Balaban J connectivity index is 1.57. The second kappa shape index (κ2) is 8.91. The molecule has 182 valence electrons. The number of amides is 2. The van der Waals surface area contributed by atoms with Crippen LogP contribution in [0.2, 0.25) is 18.1 Å². The summed E-state index contributed by atoms with van der Waals surface area (Å²) in [7, 11) is -2.14. The summed E-state index contributed by atoms with van der Waals surface area (Å²) in [5.74, 6) is 1.42. The average molecular weight is 476 g/mol. The van der Waals surface area contributed by atoms with Crippen LogP contribution in [0.25, 0.3) is 0 Å². The van der Waals surface area contributed by atoms with Crippen molar-refractivity contribution in [3.05, 3.63) is 12.2 Å². The number of ether oxygens (including phenoxy) is 2. The number of rotatable bonds is 6. The van der Waals surface area contributed by atoms with E-state index >= 15 is 0 Å². The van der Waals surface area contributed by atoms with E-state index in [1.54, 1.807) is 6.08 Å². The lowest BCUT2D eigenvalue weighted by atomic mass is 9.92. The maximum Gasteiger partial charge on any atom is 0.250 e. The Bertz CT molecular complexity index is 855. The predicted octanol–water partition coefficient (Wildman–Crippen LogP) is 0.993. The Hall–Kier alpha value is -1.54. The molecule has 9 heteroatoms. The number of hydrogen-bond donors (Lipinski definition) is 1. The molecule has 0 aromatic rings. The van der Waals surface area contributed by atoms with E-state index in [1.165, 1.54) is 6.08 Å². The van der Waals surface area contributed by atoms with Crippen LogP contribution in [0.15, 0.2) is 12.2 Å². The first-order valence-corrected chi connectivity index (χ1v) is 14.7. The van der Waals surface area contributed by atoms with Gasteiger partial charge in [0.1, 0.15) is 23.9 Å². The van der Waals surface area contributed by atoms with E-state index in [2.05, 4.69) is 54.9 Å². The largest absolute Gasteiger partial charge is 0.408 e. The first kappa shape index (κ1) is 24.6. The number of hydrogen-bond acceptors (Lipinski definition) is 7. The van der Waals surface area contributed by atoms with Crippen molar-refractivity contribution in [2.75, 3.05) is 45.9 Å². The molecule has 5 atom stereocenters. The summed E-state index contributed by atoms with van der Waals surface area (Å²) in [6, 6.07) is 0. The zero-order valence-corrected chi connectivity index (χ0v) is 21.4. The van der Waals surface area contributed by atoms with Crippen molar-refractivity contribution >= 4 is 20.1 Å². The molecule has 33 heavy (non-hydrogen) atoms. The lowest BCUT2D eigenvalue weighted by Crippen LogP contribution is -2.58. The molecule has 3 unspecified atom stereocenters. The molecule has 2 bridgehead atoms. The Kier molecular flexibility index (Phi) is 6.64. The Morgan fingerprint density at radius 3 is 2.48 bits per heavy atom. The van der Waals surface area contributed by atoms with Crippen molar-refractivity contribution in [3.63, 3.8) is 0 Å². The highest BCUT2D eigenvalue weighted by Gasteiger charge is 2.66. The number of carbonyl (C=O) groups excluding carboxylic acids is 2. The minimum absolute atomic E-state index is 0.0289. The molecule has 0 spiro atoms. The third-order valence-electron chi connectivity index (χ3n) is 7.89. The van der Waals surface area contributed by atoms with E-state index < -0.39 is 31.8 Å². The van der Waals surface area contributed by atoms with Gasteiger partial charge >= 0.3 is 0 Å². The van der Waals surface area contributed by atoms with Crippen LogP contribution in [0.3, 0.4) is 0 Å². The van der Waals surface area contributed by atoms with Crippen molar-refractivity contribution in [2.45, 2.75) is 62.8 Å². The van der Waals surface area contributed by atoms with Gasteiger partial charge < -0.3 is 13.9 Å². The average Bonchev–Trinajstić information content (AvgIpc) is 3.19. The molecule has 0 radical (unpaired) electrons. The molecule has 0 saturated carbocycles. The first-order chi connectivity index (χ1) is 15.5. The van der Waals surface area contributed by atoms with Gasteiger partial charge in [-0.25, -0.2) is 0 Å². The second-order valence-electron chi connectivity index (χ2n) is 11.2. The first-order valence-electron chi connectivity index (χ1n) is 11.8. The molecule has 1 N–H and O–H groups in total. The van der Waals surface area contributed by atoms with Crippen LogP contribution in [-0.2, 0) is 23.5 Å². The van der Waals surface area contributed by atoms with E-state index in [0.29, 0.717) is 19.7 Å². The number of piperazine rings is 1. The molecule has 4 rings (SSSR count). The van der Waals surface area contributed by atoms with Crippen LogP contribution in [-0.4, -0.2) is 99.7 Å². The minimum Gasteiger partial charge on any atom is -0.408 e. The molecule has 3 saturated heterocycles. The highest BCUT2D eigenvalue weighted by molar-refractivity contribution is 6.74. The number of nitrogens with zero attached hydrogens (tertiary/aromatic N) is 2. The van der Waals surface area contributed by atoms with Crippen molar-refractivity contribution < 1.29 is 23.5 Å². The highest BCUT2D eigenvalue weighted by atomic mass is 28.4. The molecule has 0 aromatic heterocycles. The van der Waals surface area contributed by atoms with Gasteiger partial charge in [-0.05, 0) is 18.1 Å². The molecule has 4 aliphatic heterocycles.